The molecule has 4 rings (SSSR count). The Morgan fingerprint density at radius 1 is 1.12 bits per heavy atom. The molecule has 0 radical (unpaired) electrons. The second kappa shape index (κ2) is 9.21. The lowest BCUT2D eigenvalue weighted by Crippen LogP contribution is -2.37. The number of amides is 3. The molecule has 172 valence electrons. The number of nitro benzene ring substituents is 1. The van der Waals surface area contributed by atoms with Crippen LogP contribution >= 0.6 is 31.9 Å². The summed E-state index contributed by atoms with van der Waals surface area (Å²) in [6.07, 6.45) is 3.18. The van der Waals surface area contributed by atoms with Gasteiger partial charge in [-0.25, -0.2) is 0 Å². The molecule has 3 fully saturated rings. The predicted molar refractivity (Wildman–Crippen MR) is 126 cm³/mol. The number of benzene rings is 1. The van der Waals surface area contributed by atoms with Crippen molar-refractivity contribution in [3.63, 3.8) is 0 Å². The average molecular weight is 571 g/mol. The summed E-state index contributed by atoms with van der Waals surface area (Å²) in [6, 6.07) is 4.61. The van der Waals surface area contributed by atoms with Crippen LogP contribution in [0.15, 0.2) is 18.2 Å². The Kier molecular flexibility index (Phi) is 6.72. The highest BCUT2D eigenvalue weighted by molar-refractivity contribution is 9.12. The molecule has 6 atom stereocenters. The van der Waals surface area contributed by atoms with E-state index in [1.165, 1.54) is 11.0 Å². The van der Waals surface area contributed by atoms with Gasteiger partial charge in [-0.15, -0.1) is 0 Å². The maximum atomic E-state index is 12.9. The van der Waals surface area contributed by atoms with Crippen LogP contribution in [0.1, 0.15) is 37.7 Å². The zero-order chi connectivity index (χ0) is 23.2. The van der Waals surface area contributed by atoms with Gasteiger partial charge in [0.05, 0.1) is 16.8 Å². The fourth-order valence-electron chi connectivity index (χ4n) is 5.47. The molecule has 2 saturated carbocycles. The molecule has 0 spiro atoms. The second-order valence-corrected chi connectivity index (χ2v) is 11.1. The summed E-state index contributed by atoms with van der Waals surface area (Å²) in [5.74, 6) is -0.210. The number of imide groups is 1. The number of halogens is 2. The van der Waals surface area contributed by atoms with Crippen molar-refractivity contribution in [2.75, 3.05) is 11.9 Å². The van der Waals surface area contributed by atoms with E-state index in [0.29, 0.717) is 37.1 Å². The van der Waals surface area contributed by atoms with Crippen molar-refractivity contribution in [1.82, 2.24) is 4.90 Å². The van der Waals surface area contributed by atoms with Gasteiger partial charge in [0.25, 0.3) is 5.69 Å². The number of anilines is 1. The summed E-state index contributed by atoms with van der Waals surface area (Å²) < 4.78 is 0. The van der Waals surface area contributed by atoms with E-state index in [-0.39, 0.29) is 63.2 Å². The lowest BCUT2D eigenvalue weighted by atomic mass is 9.81. The molecule has 2 bridgehead atoms. The number of rotatable bonds is 8. The van der Waals surface area contributed by atoms with Crippen LogP contribution in [-0.2, 0) is 14.4 Å². The molecule has 1 aliphatic heterocycles. The smallest absolute Gasteiger partial charge is 0.274 e. The van der Waals surface area contributed by atoms with Gasteiger partial charge < -0.3 is 5.32 Å². The molecule has 8 nitrogen and oxygen atoms in total. The van der Waals surface area contributed by atoms with Crippen molar-refractivity contribution in [3.8, 4) is 0 Å². The number of fused-ring (bicyclic) bond motifs is 5. The van der Waals surface area contributed by atoms with Crippen LogP contribution in [0, 0.1) is 40.7 Å². The van der Waals surface area contributed by atoms with Gasteiger partial charge in [-0.05, 0) is 44.1 Å². The van der Waals surface area contributed by atoms with Crippen molar-refractivity contribution in [3.05, 3.63) is 33.9 Å². The Balaban J connectivity index is 1.21. The van der Waals surface area contributed by atoms with Crippen molar-refractivity contribution in [1.29, 1.82) is 0 Å². The number of carbonyl (C=O) groups excluding carboxylic acids is 3. The molecule has 1 aromatic rings. The van der Waals surface area contributed by atoms with Gasteiger partial charge in [-0.1, -0.05) is 44.3 Å². The number of aryl methyl sites for hydroxylation is 1. The van der Waals surface area contributed by atoms with E-state index < -0.39 is 4.92 Å². The maximum absolute atomic E-state index is 12.9. The predicted octanol–water partition coefficient (Wildman–Crippen LogP) is 4.18. The van der Waals surface area contributed by atoms with Gasteiger partial charge in [-0.3, -0.25) is 29.4 Å². The molecule has 3 aliphatic rings. The third-order valence-corrected chi connectivity index (χ3v) is 10.3. The molecule has 32 heavy (non-hydrogen) atoms. The number of likely N-dealkylation sites (tertiary alicyclic amines) is 1. The zero-order valence-electron chi connectivity index (χ0n) is 17.6. The van der Waals surface area contributed by atoms with Gasteiger partial charge in [0.2, 0.25) is 17.7 Å². The van der Waals surface area contributed by atoms with Crippen LogP contribution in [0.25, 0.3) is 0 Å². The second-order valence-electron chi connectivity index (χ2n) is 8.95. The number of alkyl halides is 2. The number of nitrogens with one attached hydrogen (secondary N) is 1. The monoisotopic (exact) mass is 569 g/mol. The van der Waals surface area contributed by atoms with Crippen molar-refractivity contribution in [2.24, 2.45) is 23.7 Å². The summed E-state index contributed by atoms with van der Waals surface area (Å²) in [7, 11) is 0. The first-order chi connectivity index (χ1) is 15.2. The highest BCUT2D eigenvalue weighted by atomic mass is 79.9. The number of hydrogen-bond donors (Lipinski definition) is 1. The van der Waals surface area contributed by atoms with E-state index in [9.17, 15) is 24.5 Å². The first kappa shape index (κ1) is 23.4. The van der Waals surface area contributed by atoms with Crippen molar-refractivity contribution >= 4 is 61.0 Å². The summed E-state index contributed by atoms with van der Waals surface area (Å²) in [5.41, 5.74) is 0.907. The highest BCUT2D eigenvalue weighted by Gasteiger charge is 2.66. The van der Waals surface area contributed by atoms with Crippen molar-refractivity contribution in [2.45, 2.75) is 48.7 Å². The minimum absolute atomic E-state index is 0.0292. The van der Waals surface area contributed by atoms with Gasteiger partial charge in [0.1, 0.15) is 0 Å². The molecule has 6 unspecified atom stereocenters. The van der Waals surface area contributed by atoms with Crippen LogP contribution < -0.4 is 5.32 Å². The molecule has 3 amide bonds. The number of nitro groups is 1. The van der Waals surface area contributed by atoms with E-state index in [4.69, 9.17) is 0 Å². The number of carbonyl (C=O) groups is 3. The molecular weight excluding hydrogens is 546 g/mol. The van der Waals surface area contributed by atoms with Gasteiger partial charge >= 0.3 is 0 Å². The maximum Gasteiger partial charge on any atom is 0.274 e. The van der Waals surface area contributed by atoms with Crippen LogP contribution in [0.5, 0.6) is 0 Å². The summed E-state index contributed by atoms with van der Waals surface area (Å²) in [6.45, 7) is 2.05. The summed E-state index contributed by atoms with van der Waals surface area (Å²) in [5, 5.41) is 13.7. The largest absolute Gasteiger partial charge is 0.326 e. The highest BCUT2D eigenvalue weighted by Crippen LogP contribution is 2.60. The Bertz CT molecular complexity index is 939. The van der Waals surface area contributed by atoms with Gasteiger partial charge in [-0.2, -0.15) is 0 Å². The van der Waals surface area contributed by atoms with E-state index in [0.717, 1.165) is 6.42 Å². The molecule has 1 aromatic carbocycles. The fraction of sp³-hybridized carbons (Fsp3) is 0.591. The van der Waals surface area contributed by atoms with Crippen molar-refractivity contribution < 1.29 is 19.3 Å². The van der Waals surface area contributed by atoms with Crippen LogP contribution in [0.2, 0.25) is 0 Å². The number of nitrogens with zero attached hydrogens (tertiary/aromatic N) is 2. The summed E-state index contributed by atoms with van der Waals surface area (Å²) >= 11 is 7.38. The SMILES string of the molecule is Cc1ccc(NC(=O)CCCCCN2C(=O)C3C4CC(C(Br)C4Br)C3C2=O)cc1[N+](=O)[O-]. The first-order valence-electron chi connectivity index (χ1n) is 10.9. The Labute approximate surface area is 202 Å². The molecule has 2 aliphatic carbocycles. The third-order valence-electron chi connectivity index (χ3n) is 7.05. The zero-order valence-corrected chi connectivity index (χ0v) is 20.8. The minimum Gasteiger partial charge on any atom is -0.326 e. The quantitative estimate of drug-likeness (QED) is 0.166. The normalized spacial score (nSPS) is 30.7. The molecular formula is C22H25Br2N3O5. The van der Waals surface area contributed by atoms with Crippen LogP contribution in [0.4, 0.5) is 11.4 Å². The molecule has 1 saturated heterocycles. The van der Waals surface area contributed by atoms with E-state index in [1.807, 2.05) is 0 Å². The Morgan fingerprint density at radius 2 is 1.75 bits per heavy atom. The van der Waals surface area contributed by atoms with Gasteiger partial charge in [0.15, 0.2) is 0 Å². The minimum atomic E-state index is -0.471. The molecule has 1 N–H and O–H groups in total. The third kappa shape index (κ3) is 4.11. The first-order valence-corrected chi connectivity index (χ1v) is 12.7. The topological polar surface area (TPSA) is 110 Å². The molecule has 0 aromatic heterocycles. The number of hydrogen-bond acceptors (Lipinski definition) is 5. The lowest BCUT2D eigenvalue weighted by molar-refractivity contribution is -0.385. The van der Waals surface area contributed by atoms with Gasteiger partial charge in [0, 0.05) is 39.9 Å². The van der Waals surface area contributed by atoms with E-state index in [2.05, 4.69) is 37.2 Å². The Hall–Kier alpha value is -1.81. The fourth-order valence-corrected chi connectivity index (χ4v) is 7.34. The van der Waals surface area contributed by atoms with E-state index in [1.54, 1.807) is 19.1 Å². The summed E-state index contributed by atoms with van der Waals surface area (Å²) in [4.78, 5) is 50.4. The molecule has 1 heterocycles. The standard InChI is InChI=1S/C22H25Br2N3O5/c1-11-6-7-12(9-15(11)27(31)32)25-16(28)5-3-2-4-8-26-21(29)17-13-10-14(18(17)22(26)30)20(24)19(13)23/h6-7,9,13-14,17-20H,2-5,8,10H2,1H3,(H,25,28). The lowest BCUT2D eigenvalue weighted by Gasteiger charge is -2.28. The van der Waals surface area contributed by atoms with E-state index >= 15 is 0 Å². The Morgan fingerprint density at radius 3 is 2.34 bits per heavy atom. The number of unbranched alkanes of at least 4 members (excludes halogenated alkanes) is 2. The van der Waals surface area contributed by atoms with Crippen LogP contribution in [-0.4, -0.2) is 43.7 Å². The molecule has 10 heteroatoms. The van der Waals surface area contributed by atoms with Crippen LogP contribution in [0.3, 0.4) is 0 Å². The average Bonchev–Trinajstić information content (AvgIpc) is 3.35.